The fraction of sp³-hybridized carbons (Fsp3) is 0.533. The van der Waals surface area contributed by atoms with Gasteiger partial charge in [0.05, 0.1) is 6.04 Å². The van der Waals surface area contributed by atoms with Crippen LogP contribution >= 0.6 is 0 Å². The van der Waals surface area contributed by atoms with Gasteiger partial charge in [-0.3, -0.25) is 4.79 Å². The Morgan fingerprint density at radius 3 is 2.83 bits per heavy atom. The third-order valence-electron chi connectivity index (χ3n) is 4.27. The number of ether oxygens (including phenoxy) is 1. The molecule has 0 saturated carbocycles. The molecule has 0 aromatic heterocycles. The topological polar surface area (TPSA) is 38.3 Å². The first kappa shape index (κ1) is 11.7. The third kappa shape index (κ3) is 2.03. The van der Waals surface area contributed by atoms with Crippen LogP contribution in [-0.4, -0.2) is 19.1 Å². The average Bonchev–Trinajstić information content (AvgIpc) is 2.57. The quantitative estimate of drug-likeness (QED) is 0.825. The van der Waals surface area contributed by atoms with E-state index in [2.05, 4.69) is 17.4 Å². The number of hydrogen-bond acceptors (Lipinski definition) is 2. The van der Waals surface area contributed by atoms with E-state index < -0.39 is 0 Å². The van der Waals surface area contributed by atoms with Gasteiger partial charge in [-0.2, -0.15) is 0 Å². The first-order chi connectivity index (χ1) is 8.80. The van der Waals surface area contributed by atoms with Gasteiger partial charge in [0.2, 0.25) is 5.91 Å². The lowest BCUT2D eigenvalue weighted by Gasteiger charge is -2.33. The van der Waals surface area contributed by atoms with Crippen molar-refractivity contribution in [3.8, 4) is 0 Å². The second kappa shape index (κ2) is 4.73. The second-order valence-electron chi connectivity index (χ2n) is 5.42. The highest BCUT2D eigenvalue weighted by Gasteiger charge is 2.47. The van der Waals surface area contributed by atoms with E-state index in [9.17, 15) is 4.79 Å². The van der Waals surface area contributed by atoms with Crippen molar-refractivity contribution < 1.29 is 9.53 Å². The molecule has 2 saturated heterocycles. The molecule has 2 heterocycles. The van der Waals surface area contributed by atoms with Crippen molar-refractivity contribution >= 4 is 5.91 Å². The van der Waals surface area contributed by atoms with Gasteiger partial charge in [-0.25, -0.2) is 0 Å². The van der Waals surface area contributed by atoms with Crippen LogP contribution in [-0.2, 0) is 9.53 Å². The van der Waals surface area contributed by atoms with Gasteiger partial charge in [-0.05, 0) is 24.8 Å². The van der Waals surface area contributed by atoms with Gasteiger partial charge in [-0.15, -0.1) is 0 Å². The normalized spacial score (nSPS) is 32.2. The van der Waals surface area contributed by atoms with E-state index in [1.165, 1.54) is 5.56 Å². The molecule has 18 heavy (non-hydrogen) atoms. The van der Waals surface area contributed by atoms with E-state index >= 15 is 0 Å². The molecule has 1 amide bonds. The summed E-state index contributed by atoms with van der Waals surface area (Å²) in [5.74, 6) is 0.186. The molecule has 0 aliphatic carbocycles. The van der Waals surface area contributed by atoms with E-state index in [0.29, 0.717) is 6.42 Å². The molecule has 1 aromatic rings. The highest BCUT2D eigenvalue weighted by molar-refractivity contribution is 5.80. The summed E-state index contributed by atoms with van der Waals surface area (Å²) in [5.41, 5.74) is 1.29. The lowest BCUT2D eigenvalue weighted by Crippen LogP contribution is -2.29. The van der Waals surface area contributed by atoms with E-state index in [1.807, 2.05) is 18.2 Å². The predicted molar refractivity (Wildman–Crippen MR) is 69.0 cm³/mol. The molecule has 3 nitrogen and oxygen atoms in total. The van der Waals surface area contributed by atoms with Crippen molar-refractivity contribution in [1.29, 1.82) is 0 Å². The Hall–Kier alpha value is -1.35. The molecule has 96 valence electrons. The van der Waals surface area contributed by atoms with E-state index in [4.69, 9.17) is 4.74 Å². The van der Waals surface area contributed by atoms with Gasteiger partial charge >= 0.3 is 0 Å². The van der Waals surface area contributed by atoms with Crippen LogP contribution in [0.4, 0.5) is 0 Å². The Balaban J connectivity index is 1.93. The number of carbonyl (C=O) groups is 1. The number of hydrogen-bond donors (Lipinski definition) is 1. The van der Waals surface area contributed by atoms with Gasteiger partial charge in [-0.1, -0.05) is 30.3 Å². The van der Waals surface area contributed by atoms with Crippen LogP contribution in [0.2, 0.25) is 0 Å². The molecule has 2 atom stereocenters. The summed E-state index contributed by atoms with van der Waals surface area (Å²) >= 11 is 0. The second-order valence-corrected chi connectivity index (χ2v) is 5.42. The summed E-state index contributed by atoms with van der Waals surface area (Å²) in [5, 5.41) is 3.16. The number of rotatable bonds is 1. The average molecular weight is 245 g/mol. The van der Waals surface area contributed by atoms with Crippen LogP contribution in [0, 0.1) is 5.41 Å². The maximum atomic E-state index is 11.9. The Labute approximate surface area is 108 Å². The smallest absolute Gasteiger partial charge is 0.221 e. The van der Waals surface area contributed by atoms with E-state index in [-0.39, 0.29) is 17.4 Å². The Morgan fingerprint density at radius 2 is 2.00 bits per heavy atom. The SMILES string of the molecule is O=C1CC2(CCCOCC2)C(c2ccccc2)N1. The van der Waals surface area contributed by atoms with Crippen molar-refractivity contribution in [2.75, 3.05) is 13.2 Å². The number of amides is 1. The molecular weight excluding hydrogens is 226 g/mol. The van der Waals surface area contributed by atoms with Gasteiger partial charge in [0.15, 0.2) is 0 Å². The molecule has 1 N–H and O–H groups in total. The van der Waals surface area contributed by atoms with E-state index in [1.54, 1.807) is 0 Å². The van der Waals surface area contributed by atoms with Crippen molar-refractivity contribution in [2.45, 2.75) is 31.7 Å². The van der Waals surface area contributed by atoms with E-state index in [0.717, 1.165) is 32.5 Å². The number of carbonyl (C=O) groups excluding carboxylic acids is 1. The molecule has 2 unspecified atom stereocenters. The monoisotopic (exact) mass is 245 g/mol. The number of nitrogens with one attached hydrogen (secondary N) is 1. The van der Waals surface area contributed by atoms with Gasteiger partial charge in [0.1, 0.15) is 0 Å². The minimum atomic E-state index is 0.0644. The predicted octanol–water partition coefficient (Wildman–Crippen LogP) is 2.43. The lowest BCUT2D eigenvalue weighted by molar-refractivity contribution is -0.119. The highest BCUT2D eigenvalue weighted by atomic mass is 16.5. The maximum absolute atomic E-state index is 11.9. The first-order valence-corrected chi connectivity index (χ1v) is 6.72. The summed E-state index contributed by atoms with van der Waals surface area (Å²) in [6.07, 6.45) is 3.75. The Morgan fingerprint density at radius 1 is 1.17 bits per heavy atom. The van der Waals surface area contributed by atoms with Crippen LogP contribution in [0.1, 0.15) is 37.3 Å². The molecule has 1 aromatic carbocycles. The largest absolute Gasteiger partial charge is 0.381 e. The summed E-state index contributed by atoms with van der Waals surface area (Å²) in [4.78, 5) is 11.9. The van der Waals surface area contributed by atoms with Crippen molar-refractivity contribution in [3.63, 3.8) is 0 Å². The Bertz CT molecular complexity index is 421. The third-order valence-corrected chi connectivity index (χ3v) is 4.27. The van der Waals surface area contributed by atoms with Gasteiger partial charge < -0.3 is 10.1 Å². The van der Waals surface area contributed by atoms with Crippen molar-refractivity contribution in [3.05, 3.63) is 35.9 Å². The molecule has 2 aliphatic rings. The van der Waals surface area contributed by atoms with Crippen LogP contribution in [0.15, 0.2) is 30.3 Å². The fourth-order valence-corrected chi connectivity index (χ4v) is 3.36. The summed E-state index contributed by atoms with van der Waals surface area (Å²) in [6, 6.07) is 10.5. The van der Waals surface area contributed by atoms with Crippen molar-refractivity contribution in [2.24, 2.45) is 5.41 Å². The molecule has 0 bridgehead atoms. The van der Waals surface area contributed by atoms with Gasteiger partial charge in [0.25, 0.3) is 0 Å². The highest BCUT2D eigenvalue weighted by Crippen LogP contribution is 2.48. The molecule has 1 spiro atoms. The zero-order valence-corrected chi connectivity index (χ0v) is 10.5. The minimum absolute atomic E-state index is 0.0644. The maximum Gasteiger partial charge on any atom is 0.221 e. The molecular formula is C15H19NO2. The molecule has 2 fully saturated rings. The van der Waals surface area contributed by atoms with Crippen LogP contribution in [0.3, 0.4) is 0 Å². The Kier molecular flexibility index (Phi) is 3.08. The standard InChI is InChI=1S/C15H19NO2/c17-13-11-15(7-4-9-18-10-8-15)14(16-13)12-5-2-1-3-6-12/h1-3,5-6,14H,4,7-11H2,(H,16,17). The molecule has 2 aliphatic heterocycles. The first-order valence-electron chi connectivity index (χ1n) is 6.72. The fourth-order valence-electron chi connectivity index (χ4n) is 3.36. The van der Waals surface area contributed by atoms with Crippen molar-refractivity contribution in [1.82, 2.24) is 5.32 Å². The van der Waals surface area contributed by atoms with Crippen LogP contribution < -0.4 is 5.32 Å². The number of benzene rings is 1. The minimum Gasteiger partial charge on any atom is -0.381 e. The summed E-state index contributed by atoms with van der Waals surface area (Å²) in [7, 11) is 0. The van der Waals surface area contributed by atoms with Crippen LogP contribution in [0.5, 0.6) is 0 Å². The molecule has 3 rings (SSSR count). The molecule has 3 heteroatoms. The summed E-state index contributed by atoms with van der Waals surface area (Å²) in [6.45, 7) is 1.61. The zero-order chi connectivity index (χ0) is 12.4. The molecule has 0 radical (unpaired) electrons. The van der Waals surface area contributed by atoms with Crippen LogP contribution in [0.25, 0.3) is 0 Å². The lowest BCUT2D eigenvalue weighted by atomic mass is 9.72. The summed E-state index contributed by atoms with van der Waals surface area (Å²) < 4.78 is 5.56. The zero-order valence-electron chi connectivity index (χ0n) is 10.5. The van der Waals surface area contributed by atoms with Gasteiger partial charge in [0, 0.05) is 25.0 Å².